The Labute approximate surface area is 159 Å². The van der Waals surface area contributed by atoms with E-state index in [1.807, 2.05) is 0 Å². The first-order valence-electron chi connectivity index (χ1n) is 7.29. The lowest BCUT2D eigenvalue weighted by Gasteiger charge is -2.21. The molecule has 2 aromatic carbocycles. The SMILES string of the molecule is CC(SSc1ccccc1C(=O)N(c1ccccc1)S(N)(=O)=O)C(=O)O. The van der Waals surface area contributed by atoms with Crippen LogP contribution in [0.5, 0.6) is 0 Å². The molecule has 0 saturated heterocycles. The monoisotopic (exact) mass is 412 g/mol. The van der Waals surface area contributed by atoms with E-state index in [9.17, 15) is 18.0 Å². The molecular weight excluding hydrogens is 396 g/mol. The van der Waals surface area contributed by atoms with Crippen LogP contribution in [0.15, 0.2) is 59.5 Å². The second-order valence-corrected chi connectivity index (χ2v) is 9.08. The Morgan fingerprint density at radius 3 is 2.23 bits per heavy atom. The summed E-state index contributed by atoms with van der Waals surface area (Å²) in [6.07, 6.45) is 0. The summed E-state index contributed by atoms with van der Waals surface area (Å²) in [5, 5.41) is 13.5. The van der Waals surface area contributed by atoms with Gasteiger partial charge in [-0.05, 0) is 31.2 Å². The van der Waals surface area contributed by atoms with Gasteiger partial charge < -0.3 is 5.11 Å². The molecule has 3 N–H and O–H groups in total. The molecule has 0 radical (unpaired) electrons. The third-order valence-electron chi connectivity index (χ3n) is 3.18. The van der Waals surface area contributed by atoms with E-state index in [-0.39, 0.29) is 11.3 Å². The molecule has 7 nitrogen and oxygen atoms in total. The molecule has 1 unspecified atom stereocenters. The third-order valence-corrected chi connectivity index (χ3v) is 6.88. The number of carbonyl (C=O) groups is 2. The number of nitrogens with zero attached hydrogens (tertiary/aromatic N) is 1. The van der Waals surface area contributed by atoms with Crippen molar-refractivity contribution in [1.29, 1.82) is 0 Å². The van der Waals surface area contributed by atoms with Crippen molar-refractivity contribution >= 4 is 49.4 Å². The maximum atomic E-state index is 12.9. The van der Waals surface area contributed by atoms with Gasteiger partial charge >= 0.3 is 16.2 Å². The van der Waals surface area contributed by atoms with E-state index in [4.69, 9.17) is 10.2 Å². The number of rotatable bonds is 7. The topological polar surface area (TPSA) is 118 Å². The van der Waals surface area contributed by atoms with Gasteiger partial charge in [0.1, 0.15) is 5.25 Å². The highest BCUT2D eigenvalue weighted by Gasteiger charge is 2.29. The van der Waals surface area contributed by atoms with Crippen LogP contribution >= 0.6 is 21.6 Å². The first kappa shape index (κ1) is 20.3. The van der Waals surface area contributed by atoms with E-state index >= 15 is 0 Å². The van der Waals surface area contributed by atoms with Gasteiger partial charge in [-0.1, -0.05) is 51.9 Å². The molecule has 2 rings (SSSR count). The number of amides is 1. The van der Waals surface area contributed by atoms with Crippen LogP contribution in [-0.2, 0) is 15.0 Å². The maximum Gasteiger partial charge on any atom is 0.317 e. The highest BCUT2D eigenvalue weighted by molar-refractivity contribution is 8.77. The van der Waals surface area contributed by atoms with Gasteiger partial charge in [0.2, 0.25) is 0 Å². The van der Waals surface area contributed by atoms with Crippen LogP contribution in [-0.4, -0.2) is 30.7 Å². The standard InChI is InChI=1S/C16H16N2O5S3/c1-11(16(20)21)24-25-14-10-6-5-9-13(14)15(19)18(26(17,22)23)12-7-3-2-4-8-12/h2-11H,1H3,(H,20,21)(H2,17,22,23). The summed E-state index contributed by atoms with van der Waals surface area (Å²) in [6, 6.07) is 14.1. The molecule has 1 atom stereocenters. The first-order chi connectivity index (χ1) is 12.2. The number of carboxylic acid groups (broad SMARTS) is 1. The number of carbonyl (C=O) groups excluding carboxylic acids is 1. The molecule has 138 valence electrons. The Balaban J connectivity index is 2.40. The number of nitrogens with two attached hydrogens (primary N) is 1. The third kappa shape index (κ3) is 5.01. The van der Waals surface area contributed by atoms with E-state index in [2.05, 4.69) is 0 Å². The van der Waals surface area contributed by atoms with Crippen LogP contribution in [0.2, 0.25) is 0 Å². The van der Waals surface area contributed by atoms with E-state index in [0.29, 0.717) is 9.20 Å². The van der Waals surface area contributed by atoms with Crippen molar-refractivity contribution in [3.05, 3.63) is 60.2 Å². The number of aliphatic carboxylic acids is 1. The van der Waals surface area contributed by atoms with Crippen molar-refractivity contribution in [3.63, 3.8) is 0 Å². The molecule has 0 fully saturated rings. The van der Waals surface area contributed by atoms with Crippen molar-refractivity contribution in [2.45, 2.75) is 17.1 Å². The van der Waals surface area contributed by atoms with Crippen molar-refractivity contribution < 1.29 is 23.1 Å². The first-order valence-corrected chi connectivity index (χ1v) is 11.0. The minimum atomic E-state index is -4.35. The lowest BCUT2D eigenvalue weighted by molar-refractivity contribution is -0.136. The molecule has 0 aromatic heterocycles. The number of hydrogen-bond donors (Lipinski definition) is 2. The molecule has 0 aliphatic rings. The largest absolute Gasteiger partial charge is 0.480 e. The fourth-order valence-corrected chi connectivity index (χ4v) is 4.82. The zero-order valence-corrected chi connectivity index (χ0v) is 16.1. The van der Waals surface area contributed by atoms with E-state index in [1.54, 1.807) is 36.4 Å². The highest BCUT2D eigenvalue weighted by Crippen LogP contribution is 2.37. The smallest absolute Gasteiger partial charge is 0.317 e. The molecule has 1 amide bonds. The van der Waals surface area contributed by atoms with Gasteiger partial charge in [0.05, 0.1) is 11.3 Å². The molecular formula is C16H16N2O5S3. The molecule has 10 heteroatoms. The van der Waals surface area contributed by atoms with Crippen LogP contribution < -0.4 is 9.44 Å². The summed E-state index contributed by atoms with van der Waals surface area (Å²) in [5.74, 6) is -1.80. The molecule has 0 aliphatic carbocycles. The number of hydrogen-bond acceptors (Lipinski definition) is 6. The molecule has 0 aliphatic heterocycles. The van der Waals surface area contributed by atoms with Gasteiger partial charge in [0.15, 0.2) is 0 Å². The summed E-state index contributed by atoms with van der Waals surface area (Å²) in [4.78, 5) is 24.3. The van der Waals surface area contributed by atoms with Crippen LogP contribution in [0.1, 0.15) is 17.3 Å². The normalized spacial score (nSPS) is 12.4. The Kier molecular flexibility index (Phi) is 6.70. The van der Waals surface area contributed by atoms with Crippen molar-refractivity contribution in [2.24, 2.45) is 5.14 Å². The zero-order chi connectivity index (χ0) is 19.3. The minimum absolute atomic E-state index is 0.112. The van der Waals surface area contributed by atoms with Gasteiger partial charge in [-0.2, -0.15) is 12.7 Å². The van der Waals surface area contributed by atoms with E-state index in [1.165, 1.54) is 25.1 Å². The summed E-state index contributed by atoms with van der Waals surface area (Å²) >= 11 is 0. The van der Waals surface area contributed by atoms with Gasteiger partial charge in [-0.25, -0.2) is 5.14 Å². The lowest BCUT2D eigenvalue weighted by atomic mass is 10.2. The van der Waals surface area contributed by atoms with Crippen molar-refractivity contribution in [2.75, 3.05) is 4.31 Å². The Bertz CT molecular complexity index is 903. The van der Waals surface area contributed by atoms with Crippen molar-refractivity contribution in [3.8, 4) is 0 Å². The quantitative estimate of drug-likeness (QED) is 0.671. The second-order valence-electron chi connectivity index (χ2n) is 5.11. The van der Waals surface area contributed by atoms with Crippen molar-refractivity contribution in [1.82, 2.24) is 0 Å². The Morgan fingerprint density at radius 1 is 1.08 bits per heavy atom. The lowest BCUT2D eigenvalue weighted by Crippen LogP contribution is -2.41. The van der Waals surface area contributed by atoms with Crippen LogP contribution in [0, 0.1) is 0 Å². The van der Waals surface area contributed by atoms with E-state index in [0.717, 1.165) is 21.6 Å². The minimum Gasteiger partial charge on any atom is -0.480 e. The fraction of sp³-hybridized carbons (Fsp3) is 0.125. The summed E-state index contributed by atoms with van der Waals surface area (Å²) in [6.45, 7) is 1.52. The van der Waals surface area contributed by atoms with Crippen LogP contribution in [0.25, 0.3) is 0 Å². The fourth-order valence-electron chi connectivity index (χ4n) is 1.93. The Morgan fingerprint density at radius 2 is 1.65 bits per heavy atom. The van der Waals surface area contributed by atoms with Gasteiger partial charge in [-0.15, -0.1) is 0 Å². The van der Waals surface area contributed by atoms with Gasteiger partial charge in [0.25, 0.3) is 5.91 Å². The second kappa shape index (κ2) is 8.58. The Hall–Kier alpha value is -2.01. The predicted molar refractivity (Wildman–Crippen MR) is 103 cm³/mol. The summed E-state index contributed by atoms with van der Waals surface area (Å²) < 4.78 is 24.5. The molecule has 0 saturated carbocycles. The predicted octanol–water partition coefficient (Wildman–Crippen LogP) is 2.75. The number of para-hydroxylation sites is 1. The average Bonchev–Trinajstić information content (AvgIpc) is 2.59. The van der Waals surface area contributed by atoms with Crippen LogP contribution in [0.3, 0.4) is 0 Å². The molecule has 0 heterocycles. The zero-order valence-electron chi connectivity index (χ0n) is 13.6. The number of carboxylic acids is 1. The summed E-state index contributed by atoms with van der Waals surface area (Å²) in [7, 11) is -2.22. The maximum absolute atomic E-state index is 12.9. The van der Waals surface area contributed by atoms with Gasteiger partial charge in [0, 0.05) is 4.90 Å². The van der Waals surface area contributed by atoms with Crippen LogP contribution in [0.4, 0.5) is 5.69 Å². The van der Waals surface area contributed by atoms with Gasteiger partial charge in [-0.3, -0.25) is 9.59 Å². The van der Waals surface area contributed by atoms with E-state index < -0.39 is 27.3 Å². The number of benzene rings is 2. The average molecular weight is 413 g/mol. The molecule has 26 heavy (non-hydrogen) atoms. The highest BCUT2D eigenvalue weighted by atomic mass is 33.1. The molecule has 0 bridgehead atoms. The number of anilines is 1. The molecule has 0 spiro atoms. The summed E-state index contributed by atoms with van der Waals surface area (Å²) in [5.41, 5.74) is 0.229. The molecule has 2 aromatic rings.